The maximum absolute atomic E-state index is 12.6. The standard InChI is InChI=1S/C22H17ClN4O3.C2H4/c23-17-11-18-16(10-15(17)14-2-1-5-24-12-14)22(27-26-18)25-21(28)9-13-3-4-19-20(8-13)30-7-6-29-19;1-2/h1-5,8,10-12H,6-7,9H2,(H2,25,26,27,28);1-2H2. The van der Waals surface area contributed by atoms with Crippen LogP contribution in [0, 0.1) is 0 Å². The first-order chi connectivity index (χ1) is 15.7. The van der Waals surface area contributed by atoms with Crippen molar-refractivity contribution in [2.45, 2.75) is 6.42 Å². The molecule has 2 aromatic heterocycles. The van der Waals surface area contributed by atoms with E-state index >= 15 is 0 Å². The SMILES string of the molecule is C=C.O=C(Cc1ccc2c(c1)OCCO2)Nc1n[nH]c2cc(Cl)c(-c3cccnc3)cc12. The Hall–Kier alpha value is -3.84. The summed E-state index contributed by atoms with van der Waals surface area (Å²) in [5, 5.41) is 11.4. The number of benzene rings is 2. The van der Waals surface area contributed by atoms with Crippen molar-refractivity contribution >= 4 is 34.2 Å². The van der Waals surface area contributed by atoms with E-state index in [1.54, 1.807) is 18.5 Å². The lowest BCUT2D eigenvalue weighted by atomic mass is 10.1. The summed E-state index contributed by atoms with van der Waals surface area (Å²) in [6.07, 6.45) is 3.64. The number of nitrogens with one attached hydrogen (secondary N) is 2. The molecule has 162 valence electrons. The highest BCUT2D eigenvalue weighted by molar-refractivity contribution is 6.34. The van der Waals surface area contributed by atoms with Gasteiger partial charge in [-0.2, -0.15) is 5.10 Å². The lowest BCUT2D eigenvalue weighted by Crippen LogP contribution is -2.17. The maximum Gasteiger partial charge on any atom is 0.230 e. The first kappa shape index (κ1) is 21.4. The monoisotopic (exact) mass is 448 g/mol. The van der Waals surface area contributed by atoms with Gasteiger partial charge in [0.2, 0.25) is 5.91 Å². The molecule has 0 radical (unpaired) electrons. The van der Waals surface area contributed by atoms with Crippen molar-refractivity contribution in [1.29, 1.82) is 0 Å². The number of hydrogen-bond acceptors (Lipinski definition) is 5. The number of carbonyl (C=O) groups is 1. The summed E-state index contributed by atoms with van der Waals surface area (Å²) in [6, 6.07) is 13.0. The normalized spacial score (nSPS) is 12.0. The van der Waals surface area contributed by atoms with E-state index in [0.29, 0.717) is 35.6 Å². The Balaban J connectivity index is 0.00000119. The predicted octanol–water partition coefficient (Wildman–Crippen LogP) is 5.03. The van der Waals surface area contributed by atoms with E-state index in [0.717, 1.165) is 27.6 Å². The number of hydrogen-bond donors (Lipinski definition) is 2. The van der Waals surface area contributed by atoms with Crippen molar-refractivity contribution in [3.8, 4) is 22.6 Å². The summed E-state index contributed by atoms with van der Waals surface area (Å²) in [4.78, 5) is 16.8. The molecule has 2 aromatic carbocycles. The first-order valence-electron chi connectivity index (χ1n) is 9.94. The van der Waals surface area contributed by atoms with Crippen LogP contribution in [-0.4, -0.2) is 34.3 Å². The molecule has 0 saturated heterocycles. The van der Waals surface area contributed by atoms with Crippen molar-refractivity contribution in [1.82, 2.24) is 15.2 Å². The molecule has 0 spiro atoms. The van der Waals surface area contributed by atoms with Gasteiger partial charge in [0.15, 0.2) is 17.3 Å². The quantitative estimate of drug-likeness (QED) is 0.427. The molecule has 1 amide bonds. The van der Waals surface area contributed by atoms with E-state index in [1.165, 1.54) is 0 Å². The number of aromatic nitrogens is 3. The Morgan fingerprint density at radius 1 is 1.12 bits per heavy atom. The van der Waals surface area contributed by atoms with E-state index in [2.05, 4.69) is 33.7 Å². The molecule has 5 rings (SSSR count). The molecular formula is C24H21ClN4O3. The Morgan fingerprint density at radius 2 is 1.94 bits per heavy atom. The van der Waals surface area contributed by atoms with Gasteiger partial charge in [0.05, 0.1) is 17.0 Å². The van der Waals surface area contributed by atoms with Crippen LogP contribution in [0.3, 0.4) is 0 Å². The zero-order chi connectivity index (χ0) is 22.5. The average molecular weight is 449 g/mol. The summed E-state index contributed by atoms with van der Waals surface area (Å²) in [5.41, 5.74) is 3.28. The second-order valence-corrected chi connectivity index (χ2v) is 7.30. The molecule has 32 heavy (non-hydrogen) atoms. The molecule has 1 aliphatic rings. The first-order valence-corrected chi connectivity index (χ1v) is 10.3. The predicted molar refractivity (Wildman–Crippen MR) is 125 cm³/mol. The number of H-pyrrole nitrogens is 1. The van der Waals surface area contributed by atoms with Crippen molar-refractivity contribution in [2.24, 2.45) is 0 Å². The second-order valence-electron chi connectivity index (χ2n) is 6.89. The largest absolute Gasteiger partial charge is 0.486 e. The molecule has 8 heteroatoms. The minimum absolute atomic E-state index is 0.182. The lowest BCUT2D eigenvalue weighted by Gasteiger charge is -2.18. The van der Waals surface area contributed by atoms with Gasteiger partial charge in [-0.1, -0.05) is 23.7 Å². The molecule has 0 bridgehead atoms. The molecule has 1 aliphatic heterocycles. The van der Waals surface area contributed by atoms with Crippen LogP contribution >= 0.6 is 11.6 Å². The number of carbonyl (C=O) groups excluding carboxylic acids is 1. The Labute approximate surface area is 190 Å². The minimum Gasteiger partial charge on any atom is -0.486 e. The fraction of sp³-hybridized carbons (Fsp3) is 0.125. The van der Waals surface area contributed by atoms with Crippen molar-refractivity contribution in [3.63, 3.8) is 0 Å². The highest BCUT2D eigenvalue weighted by atomic mass is 35.5. The number of nitrogens with zero attached hydrogens (tertiary/aromatic N) is 2. The van der Waals surface area contributed by atoms with Gasteiger partial charge in [-0.3, -0.25) is 14.9 Å². The summed E-state index contributed by atoms with van der Waals surface area (Å²) >= 11 is 6.43. The Kier molecular flexibility index (Phi) is 6.37. The topological polar surface area (TPSA) is 89.1 Å². The van der Waals surface area contributed by atoms with E-state index in [9.17, 15) is 4.79 Å². The van der Waals surface area contributed by atoms with Crippen molar-refractivity contribution in [2.75, 3.05) is 18.5 Å². The fourth-order valence-electron chi connectivity index (χ4n) is 3.44. The van der Waals surface area contributed by atoms with E-state index in [4.69, 9.17) is 21.1 Å². The van der Waals surface area contributed by atoms with E-state index < -0.39 is 0 Å². The van der Waals surface area contributed by atoms with Crippen LogP contribution in [-0.2, 0) is 11.2 Å². The molecule has 4 aromatic rings. The van der Waals surface area contributed by atoms with Crippen LogP contribution in [0.2, 0.25) is 5.02 Å². The fourth-order valence-corrected chi connectivity index (χ4v) is 3.71. The smallest absolute Gasteiger partial charge is 0.230 e. The summed E-state index contributed by atoms with van der Waals surface area (Å²) in [5.74, 6) is 1.63. The van der Waals surface area contributed by atoms with Crippen LogP contribution in [0.5, 0.6) is 11.5 Å². The van der Waals surface area contributed by atoms with Crippen LogP contribution < -0.4 is 14.8 Å². The molecule has 3 heterocycles. The zero-order valence-corrected chi connectivity index (χ0v) is 18.0. The second kappa shape index (κ2) is 9.53. The number of halogens is 1. The Morgan fingerprint density at radius 3 is 2.72 bits per heavy atom. The van der Waals surface area contributed by atoms with Gasteiger partial charge < -0.3 is 14.8 Å². The number of aromatic amines is 1. The lowest BCUT2D eigenvalue weighted by molar-refractivity contribution is -0.115. The van der Waals surface area contributed by atoms with Crippen LogP contribution in [0.25, 0.3) is 22.0 Å². The van der Waals surface area contributed by atoms with Crippen molar-refractivity contribution in [3.05, 3.63) is 78.6 Å². The van der Waals surface area contributed by atoms with Gasteiger partial charge in [0.25, 0.3) is 0 Å². The number of amides is 1. The van der Waals surface area contributed by atoms with Gasteiger partial charge >= 0.3 is 0 Å². The third-order valence-corrected chi connectivity index (χ3v) is 5.16. The number of rotatable bonds is 4. The van der Waals surface area contributed by atoms with Crippen molar-refractivity contribution < 1.29 is 14.3 Å². The molecule has 2 N–H and O–H groups in total. The molecule has 0 fully saturated rings. The highest BCUT2D eigenvalue weighted by Crippen LogP contribution is 2.34. The molecule has 0 atom stereocenters. The summed E-state index contributed by atoms with van der Waals surface area (Å²) < 4.78 is 11.1. The van der Waals surface area contributed by atoms with Crippen LogP contribution in [0.1, 0.15) is 5.56 Å². The third kappa shape index (κ3) is 4.43. The number of ether oxygens (including phenoxy) is 2. The van der Waals surface area contributed by atoms with Gasteiger partial charge in [-0.25, -0.2) is 0 Å². The molecule has 0 aliphatic carbocycles. The number of pyridine rings is 1. The van der Waals surface area contributed by atoms with Crippen LogP contribution in [0.15, 0.2) is 68.0 Å². The van der Waals surface area contributed by atoms with Crippen LogP contribution in [0.4, 0.5) is 5.82 Å². The van der Waals surface area contributed by atoms with Gasteiger partial charge in [0.1, 0.15) is 13.2 Å². The molecular weight excluding hydrogens is 428 g/mol. The van der Waals surface area contributed by atoms with Gasteiger partial charge in [0, 0.05) is 28.9 Å². The number of anilines is 1. The van der Waals surface area contributed by atoms with Gasteiger partial charge in [-0.05, 0) is 35.9 Å². The zero-order valence-electron chi connectivity index (χ0n) is 17.2. The minimum atomic E-state index is -0.182. The summed E-state index contributed by atoms with van der Waals surface area (Å²) in [7, 11) is 0. The van der Waals surface area contributed by atoms with Gasteiger partial charge in [-0.15, -0.1) is 13.2 Å². The highest BCUT2D eigenvalue weighted by Gasteiger charge is 2.16. The Bertz CT molecular complexity index is 1260. The van der Waals surface area contributed by atoms with E-state index in [-0.39, 0.29) is 12.3 Å². The number of fused-ring (bicyclic) bond motifs is 2. The van der Waals surface area contributed by atoms with E-state index in [1.807, 2.05) is 36.4 Å². The molecule has 0 saturated carbocycles. The summed E-state index contributed by atoms with van der Waals surface area (Å²) in [6.45, 7) is 7.04. The molecule has 7 nitrogen and oxygen atoms in total. The third-order valence-electron chi connectivity index (χ3n) is 4.85. The molecule has 0 unspecified atom stereocenters. The average Bonchev–Trinajstić information content (AvgIpc) is 3.21. The maximum atomic E-state index is 12.6.